The Balaban J connectivity index is 4.07. The van der Waals surface area contributed by atoms with Gasteiger partial charge in [0, 0.05) is 0 Å². The van der Waals surface area contributed by atoms with Crippen LogP contribution in [0, 0.1) is 0 Å². The van der Waals surface area contributed by atoms with Crippen molar-refractivity contribution in [2.75, 3.05) is 13.1 Å². The molecule has 0 aromatic rings. The van der Waals surface area contributed by atoms with Gasteiger partial charge in [-0.25, -0.2) is 0 Å². The first-order valence-corrected chi connectivity index (χ1v) is 9.28. The van der Waals surface area contributed by atoms with Crippen molar-refractivity contribution in [2.24, 2.45) is 0 Å². The molecule has 0 aromatic carbocycles. The van der Waals surface area contributed by atoms with Crippen molar-refractivity contribution in [3.8, 4) is 0 Å². The Morgan fingerprint density at radius 2 is 1.95 bits per heavy atom. The van der Waals surface area contributed by atoms with E-state index in [1.54, 1.807) is 6.92 Å². The molecule has 0 aliphatic heterocycles. The molecule has 0 spiro atoms. The summed E-state index contributed by atoms with van der Waals surface area (Å²) in [6, 6.07) is 0.156. The van der Waals surface area contributed by atoms with E-state index in [4.69, 9.17) is 0 Å². The number of allylic oxidation sites excluding steroid dienone is 1. The van der Waals surface area contributed by atoms with Crippen molar-refractivity contribution in [1.29, 1.82) is 0 Å². The molecule has 8 heteroatoms. The van der Waals surface area contributed by atoms with Gasteiger partial charge in [0.25, 0.3) is 0 Å². The third kappa shape index (κ3) is 9.32. The average molecular weight is 490 g/mol. The van der Waals surface area contributed by atoms with Gasteiger partial charge in [-0.15, -0.1) is 0 Å². The zero-order valence-corrected chi connectivity index (χ0v) is 16.1. The molecular formula is C13H20N3O4Pb. The van der Waals surface area contributed by atoms with Gasteiger partial charge in [-0.2, -0.15) is 0 Å². The normalized spacial score (nSPS) is 11.8. The molecule has 7 nitrogen and oxygen atoms in total. The van der Waals surface area contributed by atoms with E-state index in [0.29, 0.717) is 6.41 Å². The molecular weight excluding hydrogens is 469 g/mol. The van der Waals surface area contributed by atoms with Crippen molar-refractivity contribution in [3.05, 3.63) is 12.2 Å². The molecule has 0 aromatic heterocycles. The molecule has 4 amide bonds. The Kier molecular flexibility index (Phi) is 10.7. The number of nitrogens with one attached hydrogen (secondary N) is 2. The molecule has 0 fully saturated rings. The van der Waals surface area contributed by atoms with Crippen molar-refractivity contribution < 1.29 is 19.2 Å². The van der Waals surface area contributed by atoms with Crippen LogP contribution in [0.4, 0.5) is 0 Å². The summed E-state index contributed by atoms with van der Waals surface area (Å²) in [5.41, 5.74) is 0. The number of imide groups is 1. The molecule has 0 bridgehead atoms. The van der Waals surface area contributed by atoms with Crippen molar-refractivity contribution in [2.45, 2.75) is 30.3 Å². The number of carbonyl (C=O) groups is 4. The second-order valence-corrected chi connectivity index (χ2v) is 5.93. The molecule has 0 aliphatic rings. The van der Waals surface area contributed by atoms with E-state index in [0.717, 1.165) is 34.6 Å². The summed E-state index contributed by atoms with van der Waals surface area (Å²) in [6.45, 7) is 3.38. The number of nitrogens with zero attached hydrogens (tertiary/aromatic N) is 1. The Labute approximate surface area is 140 Å². The zero-order valence-electron chi connectivity index (χ0n) is 12.2. The summed E-state index contributed by atoms with van der Waals surface area (Å²) in [6.07, 6.45) is 3.16. The SMILES string of the molecule is C/C=C\C(=O)N(C=O)CC(=O)NCCC(=O)NC(C)[CH2][Pb]. The van der Waals surface area contributed by atoms with Gasteiger partial charge in [0.05, 0.1) is 0 Å². The third-order valence-corrected chi connectivity index (χ3v) is 4.80. The van der Waals surface area contributed by atoms with Gasteiger partial charge in [-0.3, -0.25) is 0 Å². The van der Waals surface area contributed by atoms with Crippen LogP contribution in [0.25, 0.3) is 0 Å². The summed E-state index contributed by atoms with van der Waals surface area (Å²) in [5, 5.41) is 5.30. The number of hydrogen-bond acceptors (Lipinski definition) is 4. The van der Waals surface area contributed by atoms with E-state index in [1.807, 2.05) is 6.92 Å². The van der Waals surface area contributed by atoms with E-state index in [9.17, 15) is 19.2 Å². The van der Waals surface area contributed by atoms with Crippen LogP contribution in [0.2, 0.25) is 3.98 Å². The average Bonchev–Trinajstić information content (AvgIpc) is 2.44. The fourth-order valence-corrected chi connectivity index (χ4v) is 1.73. The van der Waals surface area contributed by atoms with Crippen molar-refractivity contribution in [1.82, 2.24) is 15.5 Å². The van der Waals surface area contributed by atoms with Crippen LogP contribution in [-0.2, 0) is 19.2 Å². The topological polar surface area (TPSA) is 95.6 Å². The molecule has 115 valence electrons. The van der Waals surface area contributed by atoms with Gasteiger partial charge >= 0.3 is 127 Å². The predicted molar refractivity (Wildman–Crippen MR) is 78.4 cm³/mol. The van der Waals surface area contributed by atoms with Crippen LogP contribution < -0.4 is 10.6 Å². The van der Waals surface area contributed by atoms with Crippen molar-refractivity contribution >= 4 is 49.9 Å². The summed E-state index contributed by atoms with van der Waals surface area (Å²) in [7, 11) is 0. The summed E-state index contributed by atoms with van der Waals surface area (Å²) in [5.74, 6) is -1.17. The van der Waals surface area contributed by atoms with Crippen molar-refractivity contribution in [3.63, 3.8) is 0 Å². The van der Waals surface area contributed by atoms with Crippen LogP contribution >= 0.6 is 0 Å². The number of amides is 4. The van der Waals surface area contributed by atoms with Gasteiger partial charge in [0.15, 0.2) is 0 Å². The number of carbonyl (C=O) groups excluding carboxylic acids is 4. The fourth-order valence-electron chi connectivity index (χ4n) is 1.33. The van der Waals surface area contributed by atoms with Gasteiger partial charge in [0.2, 0.25) is 0 Å². The Hall–Kier alpha value is -1.26. The Morgan fingerprint density at radius 3 is 2.48 bits per heavy atom. The van der Waals surface area contributed by atoms with E-state index >= 15 is 0 Å². The second-order valence-electron chi connectivity index (χ2n) is 4.34. The molecule has 2 N–H and O–H groups in total. The first kappa shape index (κ1) is 19.7. The molecule has 3 radical (unpaired) electrons. The van der Waals surface area contributed by atoms with E-state index in [-0.39, 0.29) is 31.5 Å². The van der Waals surface area contributed by atoms with Gasteiger partial charge in [-0.05, 0) is 6.92 Å². The fraction of sp³-hybridized carbons (Fsp3) is 0.538. The van der Waals surface area contributed by atoms with E-state index in [1.165, 1.54) is 12.2 Å². The zero-order chi connectivity index (χ0) is 16.3. The quantitative estimate of drug-likeness (QED) is 0.251. The summed E-state index contributed by atoms with van der Waals surface area (Å²) in [4.78, 5) is 46.0. The molecule has 1 unspecified atom stereocenters. The monoisotopic (exact) mass is 490 g/mol. The van der Waals surface area contributed by atoms with Crippen LogP contribution in [0.15, 0.2) is 12.2 Å². The first-order valence-electron chi connectivity index (χ1n) is 6.53. The Bertz CT molecular complexity index is 412. The molecule has 21 heavy (non-hydrogen) atoms. The molecule has 0 heterocycles. The van der Waals surface area contributed by atoms with Gasteiger partial charge < -0.3 is 0 Å². The predicted octanol–water partition coefficient (Wildman–Crippen LogP) is -0.855. The minimum absolute atomic E-state index is 0.129. The molecule has 0 saturated carbocycles. The first-order chi connectivity index (χ1) is 9.94. The van der Waals surface area contributed by atoms with Gasteiger partial charge in [-0.1, -0.05) is 6.08 Å². The summed E-state index contributed by atoms with van der Waals surface area (Å²) >= 11 is 1.02. The Morgan fingerprint density at radius 1 is 1.29 bits per heavy atom. The number of rotatable bonds is 9. The van der Waals surface area contributed by atoms with Gasteiger partial charge in [0.1, 0.15) is 0 Å². The summed E-state index contributed by atoms with van der Waals surface area (Å²) < 4.78 is 0.972. The second kappa shape index (κ2) is 11.4. The minimum atomic E-state index is -0.554. The maximum atomic E-state index is 11.6. The molecule has 0 aliphatic carbocycles. The molecule has 1 atom stereocenters. The maximum absolute atomic E-state index is 11.6. The van der Waals surface area contributed by atoms with E-state index < -0.39 is 11.8 Å². The van der Waals surface area contributed by atoms with Crippen LogP contribution in [0.5, 0.6) is 0 Å². The standard InChI is InChI=1S/C13H20N3O4.Pb/c1-4-5-13(20)16(9-17)8-12(19)14-7-6-11(18)15-10(2)3;/h4-5,9-10H,2,6-8H2,1,3H3,(H,14,19)(H,15,18);/b5-4-;. The van der Waals surface area contributed by atoms with Crippen LogP contribution in [0.3, 0.4) is 0 Å². The number of hydrogen-bond donors (Lipinski definition) is 2. The van der Waals surface area contributed by atoms with Crippen LogP contribution in [-0.4, -0.2) is 73.9 Å². The molecule has 0 saturated heterocycles. The van der Waals surface area contributed by atoms with E-state index in [2.05, 4.69) is 10.6 Å². The molecule has 0 rings (SSSR count). The third-order valence-electron chi connectivity index (χ3n) is 2.42. The van der Waals surface area contributed by atoms with Crippen LogP contribution in [0.1, 0.15) is 20.3 Å².